The Hall–Kier alpha value is -4.31. The molecule has 0 N–H and O–H groups in total. The summed E-state index contributed by atoms with van der Waals surface area (Å²) in [5, 5.41) is 0. The lowest BCUT2D eigenvalue weighted by Gasteiger charge is -2.44. The molecule has 0 aliphatic carbocycles. The molecule has 2 aliphatic heterocycles. The number of benzene rings is 2. The van der Waals surface area contributed by atoms with Crippen molar-refractivity contribution in [1.82, 2.24) is 9.47 Å². The number of piperidine rings is 1. The number of hydrogen-bond donors (Lipinski definition) is 0. The minimum atomic E-state index is -0.653. The topological polar surface area (TPSA) is 106 Å². The van der Waals surface area contributed by atoms with E-state index in [0.29, 0.717) is 56.3 Å². The number of carbonyl (C=O) groups is 2. The first-order chi connectivity index (χ1) is 20.4. The van der Waals surface area contributed by atoms with Gasteiger partial charge in [0.2, 0.25) is 0 Å². The summed E-state index contributed by atoms with van der Waals surface area (Å²) in [6, 6.07) is 14.7. The number of methoxy groups -OCH3 is 2. The quantitative estimate of drug-likeness (QED) is 0.251. The first-order valence-electron chi connectivity index (χ1n) is 14.2. The molecule has 1 saturated heterocycles. The van der Waals surface area contributed by atoms with Crippen LogP contribution in [-0.2, 0) is 20.8 Å². The van der Waals surface area contributed by atoms with E-state index in [2.05, 4.69) is 0 Å². The summed E-state index contributed by atoms with van der Waals surface area (Å²) in [5.41, 5.74) is 2.88. The number of amides is 1. The Morgan fingerprint density at radius 1 is 1.00 bits per heavy atom. The van der Waals surface area contributed by atoms with Crippen LogP contribution in [0, 0.1) is 0 Å². The number of pyridine rings is 1. The third-order valence-corrected chi connectivity index (χ3v) is 7.73. The van der Waals surface area contributed by atoms with E-state index in [1.807, 2.05) is 47.0 Å². The molecule has 1 amide bonds. The molecule has 2 atom stereocenters. The van der Waals surface area contributed by atoms with Crippen LogP contribution >= 0.6 is 0 Å². The maximum Gasteiger partial charge on any atom is 0.410 e. The van der Waals surface area contributed by atoms with Crippen molar-refractivity contribution >= 4 is 12.1 Å². The van der Waals surface area contributed by atoms with Crippen molar-refractivity contribution in [3.8, 4) is 22.8 Å². The second-order valence-electron chi connectivity index (χ2n) is 10.3. The van der Waals surface area contributed by atoms with E-state index >= 15 is 0 Å². The second kappa shape index (κ2) is 13.1. The Balaban J connectivity index is 1.51. The van der Waals surface area contributed by atoms with Crippen LogP contribution in [0.2, 0.25) is 0 Å². The van der Waals surface area contributed by atoms with Crippen LogP contribution in [-0.4, -0.2) is 68.7 Å². The Bertz CT molecular complexity index is 1490. The summed E-state index contributed by atoms with van der Waals surface area (Å²) >= 11 is 0. The molecule has 222 valence electrons. The highest BCUT2D eigenvalue weighted by Crippen LogP contribution is 2.49. The molecule has 10 heteroatoms. The van der Waals surface area contributed by atoms with Gasteiger partial charge in [-0.1, -0.05) is 30.3 Å². The van der Waals surface area contributed by atoms with Gasteiger partial charge in [-0.25, -0.2) is 9.59 Å². The molecule has 0 bridgehead atoms. The molecule has 0 spiro atoms. The highest BCUT2D eigenvalue weighted by Gasteiger charge is 2.40. The zero-order chi connectivity index (χ0) is 29.6. The van der Waals surface area contributed by atoms with Crippen LogP contribution in [0.4, 0.5) is 4.79 Å². The minimum absolute atomic E-state index is 0.0161. The van der Waals surface area contributed by atoms with E-state index in [9.17, 15) is 14.4 Å². The standard InChI is InChI=1S/C32H36N2O8/c1-4-40-31(36)25-19-34-26-11-12-33(32(37)42-20-21-9-6-5-7-10-21)18-24(26)22-15-30(41-14-8-13-38-2)29(39-3)16-23(22)27(34)17-28(25)35/h5-7,9-10,15-17,19,24,26H,4,8,11-14,18,20H2,1-3H3. The van der Waals surface area contributed by atoms with E-state index in [0.717, 1.165) is 16.7 Å². The van der Waals surface area contributed by atoms with Gasteiger partial charge in [-0.3, -0.25) is 4.79 Å². The monoisotopic (exact) mass is 576 g/mol. The Kier molecular flexibility index (Phi) is 9.12. The normalized spacial score (nSPS) is 17.0. The number of nitrogens with zero attached hydrogens (tertiary/aromatic N) is 2. The fraction of sp³-hybridized carbons (Fsp3) is 0.406. The summed E-state index contributed by atoms with van der Waals surface area (Å²) in [6.45, 7) is 3.91. The predicted molar refractivity (Wildman–Crippen MR) is 155 cm³/mol. The lowest BCUT2D eigenvalue weighted by atomic mass is 9.79. The van der Waals surface area contributed by atoms with Crippen molar-refractivity contribution in [3.63, 3.8) is 0 Å². The molecule has 0 radical (unpaired) electrons. The van der Waals surface area contributed by atoms with Crippen LogP contribution in [0.3, 0.4) is 0 Å². The third kappa shape index (κ3) is 5.99. The molecule has 2 aliphatic rings. The van der Waals surface area contributed by atoms with E-state index in [-0.39, 0.29) is 36.8 Å². The van der Waals surface area contributed by atoms with Crippen molar-refractivity contribution in [2.24, 2.45) is 0 Å². The summed E-state index contributed by atoms with van der Waals surface area (Å²) in [7, 11) is 3.21. The predicted octanol–water partition coefficient (Wildman–Crippen LogP) is 4.80. The molecular weight excluding hydrogens is 540 g/mol. The number of likely N-dealkylation sites (tertiary alicyclic amines) is 1. The Morgan fingerprint density at radius 3 is 2.55 bits per heavy atom. The van der Waals surface area contributed by atoms with Crippen molar-refractivity contribution in [2.45, 2.75) is 38.3 Å². The number of ether oxygens (including phenoxy) is 5. The highest BCUT2D eigenvalue weighted by atomic mass is 16.6. The number of carbonyl (C=O) groups excluding carboxylic acids is 2. The van der Waals surface area contributed by atoms with Crippen molar-refractivity contribution < 1.29 is 33.3 Å². The van der Waals surface area contributed by atoms with Crippen LogP contribution in [0.25, 0.3) is 11.3 Å². The van der Waals surface area contributed by atoms with E-state index in [1.165, 1.54) is 6.07 Å². The first-order valence-corrected chi connectivity index (χ1v) is 14.2. The molecule has 3 heterocycles. The maximum absolute atomic E-state index is 13.2. The molecule has 2 unspecified atom stereocenters. The number of rotatable bonds is 10. The van der Waals surface area contributed by atoms with E-state index in [1.54, 1.807) is 32.2 Å². The van der Waals surface area contributed by atoms with Gasteiger partial charge < -0.3 is 33.2 Å². The average Bonchev–Trinajstić information content (AvgIpc) is 3.01. The number of fused-ring (bicyclic) bond motifs is 6. The summed E-state index contributed by atoms with van der Waals surface area (Å²) in [6.07, 6.45) is 2.51. The fourth-order valence-corrected chi connectivity index (χ4v) is 5.72. The van der Waals surface area contributed by atoms with Gasteiger partial charge in [-0.15, -0.1) is 0 Å². The minimum Gasteiger partial charge on any atom is -0.493 e. The summed E-state index contributed by atoms with van der Waals surface area (Å²) in [5.74, 6) is 0.289. The number of esters is 1. The second-order valence-corrected chi connectivity index (χ2v) is 10.3. The molecule has 0 saturated carbocycles. The van der Waals surface area contributed by atoms with Gasteiger partial charge in [-0.2, -0.15) is 0 Å². The van der Waals surface area contributed by atoms with Crippen LogP contribution in [0.15, 0.2) is 59.5 Å². The van der Waals surface area contributed by atoms with Gasteiger partial charge >= 0.3 is 12.1 Å². The van der Waals surface area contributed by atoms with Gasteiger partial charge in [0, 0.05) is 63.0 Å². The van der Waals surface area contributed by atoms with Gasteiger partial charge in [0.1, 0.15) is 12.2 Å². The Morgan fingerprint density at radius 2 is 1.81 bits per heavy atom. The average molecular weight is 577 g/mol. The molecule has 10 nitrogen and oxygen atoms in total. The zero-order valence-corrected chi connectivity index (χ0v) is 24.2. The SMILES string of the molecule is CCOC(=O)c1cn2c(cc1=O)-c1cc(OC)c(OCCCOC)cc1C1CN(C(=O)OCc3ccccc3)CCC12. The maximum atomic E-state index is 13.2. The van der Waals surface area contributed by atoms with Gasteiger partial charge in [0.25, 0.3) is 0 Å². The number of aromatic nitrogens is 1. The Labute approximate surface area is 244 Å². The van der Waals surface area contributed by atoms with E-state index < -0.39 is 11.4 Å². The number of hydrogen-bond acceptors (Lipinski definition) is 8. The van der Waals surface area contributed by atoms with Crippen molar-refractivity contribution in [3.05, 3.63) is 81.6 Å². The smallest absolute Gasteiger partial charge is 0.410 e. The lowest BCUT2D eigenvalue weighted by Crippen LogP contribution is -2.45. The lowest BCUT2D eigenvalue weighted by molar-refractivity contribution is 0.0523. The van der Waals surface area contributed by atoms with Crippen molar-refractivity contribution in [2.75, 3.05) is 47.1 Å². The van der Waals surface area contributed by atoms with E-state index in [4.69, 9.17) is 23.7 Å². The van der Waals surface area contributed by atoms with Crippen LogP contribution < -0.4 is 14.9 Å². The highest BCUT2D eigenvalue weighted by molar-refractivity contribution is 5.89. The molecule has 5 rings (SSSR count). The summed E-state index contributed by atoms with van der Waals surface area (Å²) in [4.78, 5) is 40.6. The molecule has 3 aromatic rings. The molecule has 1 aromatic heterocycles. The van der Waals surface area contributed by atoms with Gasteiger partial charge in [-0.05, 0) is 36.6 Å². The molecular formula is C32H36N2O8. The first kappa shape index (κ1) is 29.2. The third-order valence-electron chi connectivity index (χ3n) is 7.73. The van der Waals surface area contributed by atoms with Gasteiger partial charge in [0.05, 0.1) is 26.0 Å². The van der Waals surface area contributed by atoms with Crippen molar-refractivity contribution in [1.29, 1.82) is 0 Å². The van der Waals surface area contributed by atoms with Crippen LogP contribution in [0.1, 0.15) is 53.2 Å². The molecule has 1 fully saturated rings. The fourth-order valence-electron chi connectivity index (χ4n) is 5.72. The zero-order valence-electron chi connectivity index (χ0n) is 24.2. The summed E-state index contributed by atoms with van der Waals surface area (Å²) < 4.78 is 29.7. The van der Waals surface area contributed by atoms with Crippen LogP contribution in [0.5, 0.6) is 11.5 Å². The van der Waals surface area contributed by atoms with Gasteiger partial charge in [0.15, 0.2) is 16.9 Å². The largest absolute Gasteiger partial charge is 0.493 e. The molecule has 42 heavy (non-hydrogen) atoms. The molecule has 2 aromatic carbocycles.